The van der Waals surface area contributed by atoms with Gasteiger partial charge in [-0.25, -0.2) is 4.98 Å². The van der Waals surface area contributed by atoms with E-state index >= 15 is 0 Å². The highest BCUT2D eigenvalue weighted by Gasteiger charge is 2.34. The standard InChI is InChI=1S/C17H15F3N6.CH4O3S/c18-17(19,20)13-10(3-1-7-21-13)9-23-15-12-4-2-8-22-14(12)25-16(26-15)24-11-5-6-11;1-5(2,3)4/h1-4,7-8,11H,5-6,9H2,(H2,22,23,24,25,26);1H3,(H,2,3,4). The van der Waals surface area contributed by atoms with E-state index in [-0.39, 0.29) is 12.1 Å². The van der Waals surface area contributed by atoms with Crippen LogP contribution in [0.1, 0.15) is 24.1 Å². The van der Waals surface area contributed by atoms with Crippen molar-refractivity contribution in [3.8, 4) is 0 Å². The van der Waals surface area contributed by atoms with Crippen molar-refractivity contribution in [2.45, 2.75) is 31.6 Å². The Morgan fingerprint density at radius 1 is 1.13 bits per heavy atom. The first-order chi connectivity index (χ1) is 14.5. The summed E-state index contributed by atoms with van der Waals surface area (Å²) in [4.78, 5) is 16.5. The van der Waals surface area contributed by atoms with Crippen LogP contribution >= 0.6 is 0 Å². The first kappa shape index (κ1) is 22.6. The molecule has 166 valence electrons. The molecule has 3 aromatic rings. The number of hydrogen-bond acceptors (Lipinski definition) is 8. The monoisotopic (exact) mass is 456 g/mol. The molecule has 0 aliphatic heterocycles. The predicted molar refractivity (Wildman–Crippen MR) is 108 cm³/mol. The van der Waals surface area contributed by atoms with Crippen molar-refractivity contribution in [2.24, 2.45) is 0 Å². The SMILES string of the molecule is CS(=O)(=O)O.FC(F)(F)c1ncccc1CNc1nc(NC2CC2)nc2ncccc12. The van der Waals surface area contributed by atoms with E-state index in [0.717, 1.165) is 19.0 Å². The number of anilines is 2. The zero-order valence-electron chi connectivity index (χ0n) is 16.3. The molecule has 0 bridgehead atoms. The van der Waals surface area contributed by atoms with E-state index in [1.54, 1.807) is 18.3 Å². The Hall–Kier alpha value is -3.06. The molecule has 13 heteroatoms. The number of aromatic nitrogens is 4. The lowest BCUT2D eigenvalue weighted by Crippen LogP contribution is -2.15. The molecule has 0 atom stereocenters. The van der Waals surface area contributed by atoms with Crippen molar-refractivity contribution in [3.05, 3.63) is 47.9 Å². The maximum Gasteiger partial charge on any atom is 0.433 e. The van der Waals surface area contributed by atoms with Gasteiger partial charge in [0.1, 0.15) is 11.5 Å². The maximum absolute atomic E-state index is 13.1. The molecule has 1 aliphatic rings. The summed E-state index contributed by atoms with van der Waals surface area (Å²) >= 11 is 0. The minimum absolute atomic E-state index is 0.0485. The normalized spacial score (nSPS) is 14.0. The fraction of sp³-hybridized carbons (Fsp3) is 0.333. The summed E-state index contributed by atoms with van der Waals surface area (Å²) in [6.45, 7) is -0.0629. The third-order valence-corrected chi connectivity index (χ3v) is 3.99. The van der Waals surface area contributed by atoms with Gasteiger partial charge in [0.15, 0.2) is 5.65 Å². The smallest absolute Gasteiger partial charge is 0.365 e. The molecule has 3 N–H and O–H groups in total. The van der Waals surface area contributed by atoms with Gasteiger partial charge in [-0.3, -0.25) is 9.54 Å². The molecule has 0 radical (unpaired) electrons. The Morgan fingerprint density at radius 3 is 2.42 bits per heavy atom. The van der Waals surface area contributed by atoms with E-state index in [1.807, 2.05) is 0 Å². The number of hydrogen-bond donors (Lipinski definition) is 3. The molecule has 1 saturated carbocycles. The molecule has 0 aromatic carbocycles. The summed E-state index contributed by atoms with van der Waals surface area (Å²) in [5, 5.41) is 6.81. The van der Waals surface area contributed by atoms with Crippen LogP contribution in [0.4, 0.5) is 24.9 Å². The lowest BCUT2D eigenvalue weighted by molar-refractivity contribution is -0.141. The number of halogens is 3. The number of alkyl halides is 3. The Balaban J connectivity index is 0.000000491. The highest BCUT2D eigenvalue weighted by molar-refractivity contribution is 7.85. The second kappa shape index (κ2) is 8.98. The zero-order valence-corrected chi connectivity index (χ0v) is 17.1. The molecule has 0 spiro atoms. The average molecular weight is 456 g/mol. The topological polar surface area (TPSA) is 130 Å². The van der Waals surface area contributed by atoms with Gasteiger partial charge in [0.25, 0.3) is 10.1 Å². The van der Waals surface area contributed by atoms with Gasteiger partial charge in [0.05, 0.1) is 11.6 Å². The van der Waals surface area contributed by atoms with Crippen molar-refractivity contribution in [3.63, 3.8) is 0 Å². The van der Waals surface area contributed by atoms with Gasteiger partial charge in [0.2, 0.25) is 5.95 Å². The Kier molecular flexibility index (Phi) is 6.55. The summed E-state index contributed by atoms with van der Waals surface area (Å²) in [5.74, 6) is 0.853. The van der Waals surface area contributed by atoms with E-state index in [4.69, 9.17) is 4.55 Å². The van der Waals surface area contributed by atoms with Gasteiger partial charge in [-0.15, -0.1) is 0 Å². The minimum Gasteiger partial charge on any atom is -0.365 e. The molecule has 0 unspecified atom stereocenters. The Labute approximate surface area is 175 Å². The molecule has 1 aliphatic carbocycles. The van der Waals surface area contributed by atoms with Gasteiger partial charge in [-0.1, -0.05) is 6.07 Å². The molecule has 1 fully saturated rings. The lowest BCUT2D eigenvalue weighted by Gasteiger charge is -2.14. The first-order valence-electron chi connectivity index (χ1n) is 9.07. The van der Waals surface area contributed by atoms with Crippen LogP contribution in [0, 0.1) is 0 Å². The van der Waals surface area contributed by atoms with Crippen molar-refractivity contribution in [1.82, 2.24) is 19.9 Å². The highest BCUT2D eigenvalue weighted by atomic mass is 32.2. The van der Waals surface area contributed by atoms with E-state index < -0.39 is 22.0 Å². The van der Waals surface area contributed by atoms with Gasteiger partial charge in [0, 0.05) is 30.5 Å². The largest absolute Gasteiger partial charge is 0.433 e. The molecular formula is C18H19F3N6O3S. The summed E-state index contributed by atoms with van der Waals surface area (Å²) in [6.07, 6.45) is 1.06. The Morgan fingerprint density at radius 2 is 1.77 bits per heavy atom. The van der Waals surface area contributed by atoms with Gasteiger partial charge < -0.3 is 10.6 Å². The predicted octanol–water partition coefficient (Wildman–Crippen LogP) is 3.13. The van der Waals surface area contributed by atoms with Crippen molar-refractivity contribution >= 4 is 32.9 Å². The van der Waals surface area contributed by atoms with Gasteiger partial charge in [-0.2, -0.15) is 31.6 Å². The number of pyridine rings is 2. The van der Waals surface area contributed by atoms with Gasteiger partial charge >= 0.3 is 6.18 Å². The number of nitrogens with one attached hydrogen (secondary N) is 2. The van der Waals surface area contributed by atoms with Crippen molar-refractivity contribution in [2.75, 3.05) is 16.9 Å². The van der Waals surface area contributed by atoms with E-state index in [2.05, 4.69) is 30.6 Å². The van der Waals surface area contributed by atoms with Gasteiger partial charge in [-0.05, 0) is 31.0 Å². The van der Waals surface area contributed by atoms with Crippen LogP contribution in [-0.4, -0.2) is 45.2 Å². The second-order valence-corrected chi connectivity index (χ2v) is 8.25. The molecule has 0 amide bonds. The number of fused-ring (bicyclic) bond motifs is 1. The molecule has 4 rings (SSSR count). The number of nitrogens with zero attached hydrogens (tertiary/aromatic N) is 4. The van der Waals surface area contributed by atoms with Crippen molar-refractivity contribution < 1.29 is 26.1 Å². The maximum atomic E-state index is 13.1. The van der Waals surface area contributed by atoms with E-state index in [9.17, 15) is 21.6 Å². The Bertz CT molecular complexity index is 1160. The fourth-order valence-electron chi connectivity index (χ4n) is 2.59. The summed E-state index contributed by atoms with van der Waals surface area (Å²) in [6, 6.07) is 6.73. The lowest BCUT2D eigenvalue weighted by atomic mass is 10.2. The molecule has 9 nitrogen and oxygen atoms in total. The molecule has 31 heavy (non-hydrogen) atoms. The minimum atomic E-state index is -4.51. The van der Waals surface area contributed by atoms with Crippen molar-refractivity contribution in [1.29, 1.82) is 0 Å². The zero-order chi connectivity index (χ0) is 22.6. The van der Waals surface area contributed by atoms with Crippen LogP contribution < -0.4 is 10.6 Å². The van der Waals surface area contributed by atoms with Crippen LogP contribution in [0.5, 0.6) is 0 Å². The fourth-order valence-corrected chi connectivity index (χ4v) is 2.59. The van der Waals surface area contributed by atoms with Crippen LogP contribution in [0.25, 0.3) is 11.0 Å². The average Bonchev–Trinajstić information content (AvgIpc) is 3.48. The van der Waals surface area contributed by atoms with Crippen LogP contribution in [-0.2, 0) is 22.8 Å². The van der Waals surface area contributed by atoms with Crippen LogP contribution in [0.15, 0.2) is 36.7 Å². The summed E-state index contributed by atoms with van der Waals surface area (Å²) in [7, 11) is -3.67. The van der Waals surface area contributed by atoms with E-state index in [0.29, 0.717) is 35.1 Å². The molecule has 0 saturated heterocycles. The summed E-state index contributed by atoms with van der Waals surface area (Å²) in [5.41, 5.74) is -0.372. The third-order valence-electron chi connectivity index (χ3n) is 3.99. The van der Waals surface area contributed by atoms with E-state index in [1.165, 1.54) is 12.1 Å². The summed E-state index contributed by atoms with van der Waals surface area (Å²) < 4.78 is 65.2. The quantitative estimate of drug-likeness (QED) is 0.496. The van der Waals surface area contributed by atoms with Crippen LogP contribution in [0.3, 0.4) is 0 Å². The molecule has 3 aromatic heterocycles. The third kappa shape index (κ3) is 7.00. The number of rotatable bonds is 5. The first-order valence-corrected chi connectivity index (χ1v) is 10.9. The second-order valence-electron chi connectivity index (χ2n) is 6.78. The molecular weight excluding hydrogens is 437 g/mol. The highest BCUT2D eigenvalue weighted by Crippen LogP contribution is 2.31. The molecule has 3 heterocycles. The van der Waals surface area contributed by atoms with Crippen LogP contribution in [0.2, 0.25) is 0 Å².